The van der Waals surface area contributed by atoms with Gasteiger partial charge >= 0.3 is 0 Å². The Balaban J connectivity index is 1.74. The molecule has 6 nitrogen and oxygen atoms in total. The van der Waals surface area contributed by atoms with E-state index in [0.29, 0.717) is 22.3 Å². The van der Waals surface area contributed by atoms with Gasteiger partial charge in [0.1, 0.15) is 5.76 Å². The minimum atomic E-state index is -3.69. The fourth-order valence-corrected chi connectivity index (χ4v) is 3.40. The number of aryl methyl sites for hydroxylation is 1. The van der Waals surface area contributed by atoms with Crippen molar-refractivity contribution >= 4 is 38.8 Å². The highest BCUT2D eigenvalue weighted by atomic mass is 35.5. The first-order valence-electron chi connectivity index (χ1n) is 7.01. The second kappa shape index (κ2) is 6.54. The lowest BCUT2D eigenvalue weighted by atomic mass is 10.3. The summed E-state index contributed by atoms with van der Waals surface area (Å²) >= 11 is 5.84. The molecule has 0 fully saturated rings. The molecule has 0 amide bonds. The number of hydrogen-bond acceptors (Lipinski definition) is 5. The third-order valence-electron chi connectivity index (χ3n) is 3.14. The van der Waals surface area contributed by atoms with E-state index in [-0.39, 0.29) is 4.90 Å². The first-order chi connectivity index (χ1) is 11.4. The molecule has 0 saturated carbocycles. The lowest BCUT2D eigenvalue weighted by molar-refractivity contribution is 0.400. The quantitative estimate of drug-likeness (QED) is 0.710. The molecule has 3 rings (SSSR count). The summed E-state index contributed by atoms with van der Waals surface area (Å²) in [5, 5.41) is 7.25. The molecule has 0 bridgehead atoms. The molecule has 0 aliphatic rings. The van der Waals surface area contributed by atoms with Crippen LogP contribution in [0.25, 0.3) is 0 Å². The van der Waals surface area contributed by atoms with Gasteiger partial charge in [-0.15, -0.1) is 0 Å². The van der Waals surface area contributed by atoms with Crippen molar-refractivity contribution in [1.29, 1.82) is 0 Å². The summed E-state index contributed by atoms with van der Waals surface area (Å²) in [6, 6.07) is 14.6. The summed E-state index contributed by atoms with van der Waals surface area (Å²) in [7, 11) is -3.69. The number of halogens is 1. The maximum atomic E-state index is 12.3. The molecule has 0 radical (unpaired) electrons. The molecule has 0 unspecified atom stereocenters. The van der Waals surface area contributed by atoms with Crippen molar-refractivity contribution in [3.8, 4) is 0 Å². The SMILES string of the molecule is Cc1cc(Nc2ccc(NS(=O)(=O)c3cccc(Cl)c3)cc2)no1. The summed E-state index contributed by atoms with van der Waals surface area (Å²) in [5.74, 6) is 1.28. The van der Waals surface area contributed by atoms with Crippen LogP contribution < -0.4 is 10.0 Å². The van der Waals surface area contributed by atoms with Crippen LogP contribution in [-0.2, 0) is 10.0 Å². The Bertz CT molecular complexity index is 953. The molecule has 124 valence electrons. The zero-order chi connectivity index (χ0) is 17.2. The van der Waals surface area contributed by atoms with E-state index in [9.17, 15) is 8.42 Å². The average molecular weight is 364 g/mol. The molecule has 24 heavy (non-hydrogen) atoms. The third-order valence-corrected chi connectivity index (χ3v) is 4.76. The summed E-state index contributed by atoms with van der Waals surface area (Å²) in [6.45, 7) is 1.80. The van der Waals surface area contributed by atoms with Crippen LogP contribution >= 0.6 is 11.6 Å². The molecule has 8 heteroatoms. The molecular weight excluding hydrogens is 350 g/mol. The van der Waals surface area contributed by atoms with Crippen molar-refractivity contribution < 1.29 is 12.9 Å². The monoisotopic (exact) mass is 363 g/mol. The number of rotatable bonds is 5. The van der Waals surface area contributed by atoms with Gasteiger partial charge in [-0.1, -0.05) is 22.8 Å². The lowest BCUT2D eigenvalue weighted by Gasteiger charge is -2.09. The molecule has 0 saturated heterocycles. The van der Waals surface area contributed by atoms with E-state index in [1.165, 1.54) is 12.1 Å². The third kappa shape index (κ3) is 3.87. The molecule has 0 aliphatic carbocycles. The molecule has 1 heterocycles. The highest BCUT2D eigenvalue weighted by molar-refractivity contribution is 7.92. The predicted octanol–water partition coefficient (Wildman–Crippen LogP) is 4.18. The van der Waals surface area contributed by atoms with Crippen molar-refractivity contribution in [3.05, 3.63) is 65.4 Å². The van der Waals surface area contributed by atoms with Crippen LogP contribution in [0, 0.1) is 6.92 Å². The minimum Gasteiger partial charge on any atom is -0.360 e. The van der Waals surface area contributed by atoms with Gasteiger partial charge in [0.05, 0.1) is 4.90 Å². The van der Waals surface area contributed by atoms with E-state index < -0.39 is 10.0 Å². The number of sulfonamides is 1. The van der Waals surface area contributed by atoms with Gasteiger partial charge in [-0.2, -0.15) is 0 Å². The predicted molar refractivity (Wildman–Crippen MR) is 93.2 cm³/mol. The first-order valence-corrected chi connectivity index (χ1v) is 8.87. The van der Waals surface area contributed by atoms with Gasteiger partial charge in [0.2, 0.25) is 0 Å². The number of nitrogens with zero attached hydrogens (tertiary/aromatic N) is 1. The largest absolute Gasteiger partial charge is 0.360 e. The Morgan fingerprint density at radius 3 is 2.38 bits per heavy atom. The van der Waals surface area contributed by atoms with Gasteiger partial charge in [0.25, 0.3) is 10.0 Å². The second-order valence-corrected chi connectivity index (χ2v) is 7.21. The molecular formula is C16H14ClN3O3S. The fraction of sp³-hybridized carbons (Fsp3) is 0.0625. The fourth-order valence-electron chi connectivity index (χ4n) is 2.04. The number of anilines is 3. The lowest BCUT2D eigenvalue weighted by Crippen LogP contribution is -2.12. The molecule has 0 atom stereocenters. The van der Waals surface area contributed by atoms with Gasteiger partial charge < -0.3 is 9.84 Å². The van der Waals surface area contributed by atoms with Crippen LogP contribution in [0.2, 0.25) is 5.02 Å². The molecule has 3 aromatic rings. The topological polar surface area (TPSA) is 84.2 Å². The number of nitrogens with one attached hydrogen (secondary N) is 2. The van der Waals surface area contributed by atoms with Crippen LogP contribution in [0.15, 0.2) is 64.0 Å². The Morgan fingerprint density at radius 2 is 1.75 bits per heavy atom. The first kappa shape index (κ1) is 16.4. The van der Waals surface area contributed by atoms with Crippen molar-refractivity contribution in [2.24, 2.45) is 0 Å². The van der Waals surface area contributed by atoms with E-state index in [2.05, 4.69) is 15.2 Å². The number of aromatic nitrogens is 1. The zero-order valence-corrected chi connectivity index (χ0v) is 14.2. The second-order valence-electron chi connectivity index (χ2n) is 5.09. The number of hydrogen-bond donors (Lipinski definition) is 2. The van der Waals surface area contributed by atoms with Crippen molar-refractivity contribution in [2.45, 2.75) is 11.8 Å². The Labute approximate surface area is 144 Å². The Hall–Kier alpha value is -2.51. The Morgan fingerprint density at radius 1 is 1.04 bits per heavy atom. The summed E-state index contributed by atoms with van der Waals surface area (Å²) in [4.78, 5) is 0.107. The van der Waals surface area contributed by atoms with E-state index in [1.807, 2.05) is 0 Å². The summed E-state index contributed by atoms with van der Waals surface area (Å²) in [6.07, 6.45) is 0. The van der Waals surface area contributed by atoms with E-state index in [4.69, 9.17) is 16.1 Å². The van der Waals surface area contributed by atoms with Gasteiger partial charge in [-0.3, -0.25) is 4.72 Å². The zero-order valence-electron chi connectivity index (χ0n) is 12.7. The summed E-state index contributed by atoms with van der Waals surface area (Å²) < 4.78 is 32.1. The van der Waals surface area contributed by atoms with Gasteiger partial charge in [-0.05, 0) is 49.4 Å². The normalized spacial score (nSPS) is 11.2. The Kier molecular flexibility index (Phi) is 4.46. The van der Waals surface area contributed by atoms with Crippen molar-refractivity contribution in [1.82, 2.24) is 5.16 Å². The highest BCUT2D eigenvalue weighted by Gasteiger charge is 2.14. The molecule has 1 aromatic heterocycles. The van der Waals surface area contributed by atoms with Crippen LogP contribution in [0.1, 0.15) is 5.76 Å². The van der Waals surface area contributed by atoms with Crippen molar-refractivity contribution in [2.75, 3.05) is 10.0 Å². The van der Waals surface area contributed by atoms with Gasteiger partial charge in [0.15, 0.2) is 5.82 Å². The van der Waals surface area contributed by atoms with E-state index in [0.717, 1.165) is 5.69 Å². The van der Waals surface area contributed by atoms with Crippen LogP contribution in [-0.4, -0.2) is 13.6 Å². The smallest absolute Gasteiger partial charge is 0.261 e. The van der Waals surface area contributed by atoms with Crippen LogP contribution in [0.5, 0.6) is 0 Å². The van der Waals surface area contributed by atoms with Crippen LogP contribution in [0.3, 0.4) is 0 Å². The maximum absolute atomic E-state index is 12.3. The molecule has 0 aliphatic heterocycles. The minimum absolute atomic E-state index is 0.107. The highest BCUT2D eigenvalue weighted by Crippen LogP contribution is 2.22. The average Bonchev–Trinajstić information content (AvgIpc) is 2.94. The molecule has 0 spiro atoms. The number of benzene rings is 2. The summed E-state index contributed by atoms with van der Waals surface area (Å²) in [5.41, 5.74) is 1.20. The molecule has 2 aromatic carbocycles. The maximum Gasteiger partial charge on any atom is 0.261 e. The molecule has 2 N–H and O–H groups in total. The van der Waals surface area contributed by atoms with Crippen LogP contribution in [0.4, 0.5) is 17.2 Å². The van der Waals surface area contributed by atoms with E-state index >= 15 is 0 Å². The van der Waals surface area contributed by atoms with Gasteiger partial charge in [-0.25, -0.2) is 8.42 Å². The van der Waals surface area contributed by atoms with Crippen molar-refractivity contribution in [3.63, 3.8) is 0 Å². The standard InChI is InChI=1S/C16H14ClN3O3S/c1-11-9-16(19-23-11)18-13-5-7-14(8-6-13)20-24(21,22)15-4-2-3-12(17)10-15/h2-10,20H,1H3,(H,18,19). The van der Waals surface area contributed by atoms with E-state index in [1.54, 1.807) is 49.4 Å². The van der Waals surface area contributed by atoms with Gasteiger partial charge in [0, 0.05) is 22.5 Å².